The number of carbonyl (C=O) groups excluding carboxylic acids is 1. The summed E-state index contributed by atoms with van der Waals surface area (Å²) in [7, 11) is 0. The summed E-state index contributed by atoms with van der Waals surface area (Å²) in [6.45, 7) is 9.85. The molecule has 1 atom stereocenters. The van der Waals surface area contributed by atoms with Crippen molar-refractivity contribution in [3.05, 3.63) is 26.7 Å². The van der Waals surface area contributed by atoms with Crippen molar-refractivity contribution in [1.82, 2.24) is 24.4 Å². The van der Waals surface area contributed by atoms with E-state index >= 15 is 0 Å². The van der Waals surface area contributed by atoms with E-state index < -0.39 is 16.5 Å². The van der Waals surface area contributed by atoms with Crippen LogP contribution in [-0.4, -0.2) is 47.7 Å². The lowest BCUT2D eigenvalue weighted by molar-refractivity contribution is -0.133. The number of aromatic amines is 1. The van der Waals surface area contributed by atoms with Crippen LogP contribution in [0.3, 0.4) is 0 Å². The largest absolute Gasteiger partial charge is 0.337 e. The van der Waals surface area contributed by atoms with E-state index in [9.17, 15) is 14.4 Å². The molecular weight excluding hydrogens is 402 g/mol. The number of nitrogens with one attached hydrogen (secondary N) is 1. The molecule has 162 valence electrons. The van der Waals surface area contributed by atoms with Crippen LogP contribution in [0.2, 0.25) is 0 Å². The lowest BCUT2D eigenvalue weighted by atomic mass is 10.2. The average molecular weight is 432 g/mol. The molecule has 8 nitrogen and oxygen atoms in total. The standard InChI is InChI=1S/C21H29N5O3S/c1-10(2)25(11(3)4)20(28)12(5)30-19-15-17(22-16(23-19)13-6-7-13)26(14-8-9-14)21(29)24-18(15)27/h10-14H,6-9H2,1-5H3,(H,24,27,29). The first-order valence-electron chi connectivity index (χ1n) is 10.7. The van der Waals surface area contributed by atoms with Gasteiger partial charge < -0.3 is 4.90 Å². The molecule has 2 aliphatic rings. The Kier molecular flexibility index (Phi) is 5.50. The fourth-order valence-electron chi connectivity index (χ4n) is 3.95. The first-order chi connectivity index (χ1) is 14.2. The highest BCUT2D eigenvalue weighted by molar-refractivity contribution is 8.00. The molecule has 2 aromatic heterocycles. The fraction of sp³-hybridized carbons (Fsp3) is 0.667. The van der Waals surface area contributed by atoms with Crippen LogP contribution in [0.15, 0.2) is 14.6 Å². The number of thioether (sulfide) groups is 1. The zero-order chi connectivity index (χ0) is 21.7. The van der Waals surface area contributed by atoms with Crippen molar-refractivity contribution in [2.45, 2.75) is 94.6 Å². The molecule has 2 fully saturated rings. The number of H-pyrrole nitrogens is 1. The number of fused-ring (bicyclic) bond motifs is 1. The van der Waals surface area contributed by atoms with E-state index in [4.69, 9.17) is 4.98 Å². The van der Waals surface area contributed by atoms with Gasteiger partial charge in [-0.15, -0.1) is 0 Å². The minimum atomic E-state index is -0.485. The molecule has 0 aliphatic heterocycles. The van der Waals surface area contributed by atoms with E-state index in [-0.39, 0.29) is 30.0 Å². The number of hydrogen-bond acceptors (Lipinski definition) is 6. The maximum Gasteiger partial charge on any atom is 0.330 e. The van der Waals surface area contributed by atoms with Gasteiger partial charge in [0.05, 0.1) is 5.25 Å². The normalized spacial score (nSPS) is 17.7. The zero-order valence-electron chi connectivity index (χ0n) is 18.1. The Morgan fingerprint density at radius 3 is 2.23 bits per heavy atom. The molecule has 9 heteroatoms. The molecule has 4 rings (SSSR count). The van der Waals surface area contributed by atoms with Crippen molar-refractivity contribution >= 4 is 28.7 Å². The monoisotopic (exact) mass is 431 g/mol. The maximum atomic E-state index is 13.1. The highest BCUT2D eigenvalue weighted by atomic mass is 32.2. The lowest BCUT2D eigenvalue weighted by Gasteiger charge is -2.32. The van der Waals surface area contributed by atoms with Crippen molar-refractivity contribution in [3.63, 3.8) is 0 Å². The van der Waals surface area contributed by atoms with Crippen LogP contribution in [-0.2, 0) is 4.79 Å². The summed E-state index contributed by atoms with van der Waals surface area (Å²) in [4.78, 5) is 52.0. The van der Waals surface area contributed by atoms with Gasteiger partial charge in [0.2, 0.25) is 5.91 Å². The number of aromatic nitrogens is 4. The summed E-state index contributed by atoms with van der Waals surface area (Å²) >= 11 is 1.29. The summed E-state index contributed by atoms with van der Waals surface area (Å²) in [6.07, 6.45) is 3.82. The second-order valence-electron chi connectivity index (χ2n) is 8.91. The summed E-state index contributed by atoms with van der Waals surface area (Å²) in [6, 6.07) is 0.231. The maximum absolute atomic E-state index is 13.1. The van der Waals surface area contributed by atoms with Crippen LogP contribution in [0.1, 0.15) is 78.1 Å². The molecular formula is C21H29N5O3S. The van der Waals surface area contributed by atoms with Gasteiger partial charge in [-0.25, -0.2) is 14.8 Å². The molecule has 0 saturated heterocycles. The Labute approximate surface area is 179 Å². The van der Waals surface area contributed by atoms with Gasteiger partial charge in [-0.05, 0) is 60.3 Å². The van der Waals surface area contributed by atoms with Crippen LogP contribution in [0, 0.1) is 0 Å². The molecule has 2 aliphatic carbocycles. The van der Waals surface area contributed by atoms with Crippen molar-refractivity contribution in [2.75, 3.05) is 0 Å². The van der Waals surface area contributed by atoms with Gasteiger partial charge in [-0.3, -0.25) is 19.1 Å². The van der Waals surface area contributed by atoms with Crippen molar-refractivity contribution in [3.8, 4) is 0 Å². The molecule has 1 N–H and O–H groups in total. The van der Waals surface area contributed by atoms with Gasteiger partial charge >= 0.3 is 5.69 Å². The third kappa shape index (κ3) is 3.91. The SMILES string of the molecule is CC(Sc1nc(C2CC2)nc2c1c(=O)[nH]c(=O)n2C1CC1)C(=O)N(C(C)C)C(C)C. The van der Waals surface area contributed by atoms with E-state index in [2.05, 4.69) is 9.97 Å². The molecule has 0 bridgehead atoms. The molecule has 2 aromatic rings. The van der Waals surface area contributed by atoms with Gasteiger partial charge in [0.1, 0.15) is 16.2 Å². The van der Waals surface area contributed by atoms with Crippen LogP contribution < -0.4 is 11.2 Å². The Morgan fingerprint density at radius 1 is 1.07 bits per heavy atom. The van der Waals surface area contributed by atoms with E-state index in [0.717, 1.165) is 25.7 Å². The van der Waals surface area contributed by atoms with E-state index in [0.29, 0.717) is 21.9 Å². The molecule has 0 aromatic carbocycles. The highest BCUT2D eigenvalue weighted by Crippen LogP contribution is 2.41. The molecule has 2 saturated carbocycles. The molecule has 0 spiro atoms. The van der Waals surface area contributed by atoms with Gasteiger partial charge in [-0.2, -0.15) is 0 Å². The van der Waals surface area contributed by atoms with Gasteiger partial charge in [0.15, 0.2) is 5.65 Å². The second-order valence-corrected chi connectivity index (χ2v) is 10.2. The van der Waals surface area contributed by atoms with E-state index in [1.165, 1.54) is 11.8 Å². The number of hydrogen-bond donors (Lipinski definition) is 1. The predicted octanol–water partition coefficient (Wildman–Crippen LogP) is 2.82. The number of rotatable bonds is 7. The van der Waals surface area contributed by atoms with Crippen LogP contribution >= 0.6 is 11.8 Å². The molecule has 1 amide bonds. The predicted molar refractivity (Wildman–Crippen MR) is 117 cm³/mol. The van der Waals surface area contributed by atoms with Gasteiger partial charge in [0, 0.05) is 24.0 Å². The summed E-state index contributed by atoms with van der Waals surface area (Å²) in [5.74, 6) is 0.954. The highest BCUT2D eigenvalue weighted by Gasteiger charge is 2.33. The Morgan fingerprint density at radius 2 is 1.70 bits per heavy atom. The van der Waals surface area contributed by atoms with E-state index in [1.807, 2.05) is 39.5 Å². The van der Waals surface area contributed by atoms with Crippen molar-refractivity contribution < 1.29 is 4.79 Å². The lowest BCUT2D eigenvalue weighted by Crippen LogP contribution is -2.45. The third-order valence-corrected chi connectivity index (χ3v) is 6.70. The average Bonchev–Trinajstić information content (AvgIpc) is 3.52. The summed E-state index contributed by atoms with van der Waals surface area (Å²) < 4.78 is 1.61. The first kappa shape index (κ1) is 21.1. The number of amides is 1. The summed E-state index contributed by atoms with van der Waals surface area (Å²) in [5, 5.41) is 0.391. The van der Waals surface area contributed by atoms with Crippen LogP contribution in [0.25, 0.3) is 11.0 Å². The van der Waals surface area contributed by atoms with Crippen molar-refractivity contribution in [1.29, 1.82) is 0 Å². The molecule has 2 heterocycles. The minimum Gasteiger partial charge on any atom is -0.337 e. The molecule has 1 unspecified atom stereocenters. The quantitative estimate of drug-likeness (QED) is 0.534. The van der Waals surface area contributed by atoms with E-state index in [1.54, 1.807) is 4.57 Å². The fourth-order valence-corrected chi connectivity index (χ4v) is 4.95. The third-order valence-electron chi connectivity index (χ3n) is 5.63. The zero-order valence-corrected chi connectivity index (χ0v) is 19.0. The first-order valence-corrected chi connectivity index (χ1v) is 11.6. The molecule has 0 radical (unpaired) electrons. The van der Waals surface area contributed by atoms with Gasteiger partial charge in [0.25, 0.3) is 5.56 Å². The van der Waals surface area contributed by atoms with Crippen LogP contribution in [0.4, 0.5) is 0 Å². The molecule has 30 heavy (non-hydrogen) atoms. The van der Waals surface area contributed by atoms with Crippen molar-refractivity contribution in [2.24, 2.45) is 0 Å². The Balaban J connectivity index is 1.80. The Hall–Kier alpha value is -2.16. The topological polar surface area (TPSA) is 101 Å². The summed E-state index contributed by atoms with van der Waals surface area (Å²) in [5.41, 5.74) is -0.489. The second kappa shape index (κ2) is 7.83. The van der Waals surface area contributed by atoms with Gasteiger partial charge in [-0.1, -0.05) is 11.8 Å². The Bertz CT molecular complexity index is 1090. The number of carbonyl (C=O) groups is 1. The van der Waals surface area contributed by atoms with Crippen LogP contribution in [0.5, 0.6) is 0 Å². The minimum absolute atomic E-state index is 0.0108. The number of nitrogens with zero attached hydrogens (tertiary/aromatic N) is 4. The smallest absolute Gasteiger partial charge is 0.330 e.